The summed E-state index contributed by atoms with van der Waals surface area (Å²) in [7, 11) is 0. The summed E-state index contributed by atoms with van der Waals surface area (Å²) in [6.07, 6.45) is 1.42. The number of nitrogens with zero attached hydrogens (tertiary/aromatic N) is 1. The predicted octanol–water partition coefficient (Wildman–Crippen LogP) is 1.82. The fourth-order valence-electron chi connectivity index (χ4n) is 1.07. The summed E-state index contributed by atoms with van der Waals surface area (Å²) in [5.74, 6) is -0.558. The van der Waals surface area contributed by atoms with Crippen molar-refractivity contribution in [2.75, 3.05) is 11.9 Å². The average Bonchev–Trinajstić information content (AvgIpc) is 2.29. The lowest BCUT2D eigenvalue weighted by Crippen LogP contribution is -2.21. The molecule has 92 valence electrons. The third-order valence-electron chi connectivity index (χ3n) is 1.88. The van der Waals surface area contributed by atoms with E-state index >= 15 is 0 Å². The lowest BCUT2D eigenvalue weighted by molar-refractivity contribution is -0.115. The van der Waals surface area contributed by atoms with Gasteiger partial charge in [-0.1, -0.05) is 0 Å². The maximum Gasteiger partial charge on any atom is 0.338 e. The first kappa shape index (κ1) is 13.4. The van der Waals surface area contributed by atoms with Gasteiger partial charge in [-0.05, 0) is 26.0 Å². The van der Waals surface area contributed by atoms with Gasteiger partial charge in [0, 0.05) is 6.20 Å². The molecule has 1 amide bonds. The quantitative estimate of drug-likeness (QED) is 0.659. The van der Waals surface area contributed by atoms with Crippen molar-refractivity contribution in [3.63, 3.8) is 0 Å². The van der Waals surface area contributed by atoms with Crippen molar-refractivity contribution in [3.05, 3.63) is 23.9 Å². The molecule has 1 unspecified atom stereocenters. The maximum atomic E-state index is 11.4. The molecule has 0 aliphatic carbocycles. The van der Waals surface area contributed by atoms with Crippen LogP contribution in [-0.2, 0) is 9.53 Å². The molecule has 1 rings (SSSR count). The third kappa shape index (κ3) is 4.03. The Bertz CT molecular complexity index is 421. The number of nitrogens with one attached hydrogen (secondary N) is 1. The molecule has 0 bridgehead atoms. The highest BCUT2D eigenvalue weighted by molar-refractivity contribution is 6.32. The van der Waals surface area contributed by atoms with E-state index in [1.165, 1.54) is 18.3 Å². The van der Waals surface area contributed by atoms with Gasteiger partial charge in [0.2, 0.25) is 5.91 Å². The Morgan fingerprint density at radius 3 is 2.88 bits per heavy atom. The van der Waals surface area contributed by atoms with Crippen LogP contribution in [0.1, 0.15) is 24.2 Å². The Morgan fingerprint density at radius 1 is 1.59 bits per heavy atom. The fraction of sp³-hybridized carbons (Fsp3) is 0.364. The number of amides is 1. The molecule has 1 aromatic rings. The molecule has 0 radical (unpaired) electrons. The first-order valence-electron chi connectivity index (χ1n) is 5.12. The molecule has 0 fully saturated rings. The molecule has 0 saturated heterocycles. The Kier molecular flexibility index (Phi) is 4.90. The zero-order chi connectivity index (χ0) is 12.8. The van der Waals surface area contributed by atoms with Gasteiger partial charge in [-0.3, -0.25) is 4.79 Å². The largest absolute Gasteiger partial charge is 0.462 e. The fourth-order valence-corrected chi connectivity index (χ4v) is 1.12. The summed E-state index contributed by atoms with van der Waals surface area (Å²) in [5, 5.41) is 1.83. The van der Waals surface area contributed by atoms with Crippen molar-refractivity contribution < 1.29 is 14.3 Å². The van der Waals surface area contributed by atoms with Gasteiger partial charge < -0.3 is 10.1 Å². The third-order valence-corrected chi connectivity index (χ3v) is 2.08. The van der Waals surface area contributed by atoms with E-state index in [0.717, 1.165) is 0 Å². The van der Waals surface area contributed by atoms with Gasteiger partial charge in [0.05, 0.1) is 12.2 Å². The first-order chi connectivity index (χ1) is 8.04. The summed E-state index contributed by atoms with van der Waals surface area (Å²) in [4.78, 5) is 26.7. The van der Waals surface area contributed by atoms with Crippen LogP contribution in [0.3, 0.4) is 0 Å². The number of hydrogen-bond acceptors (Lipinski definition) is 4. The van der Waals surface area contributed by atoms with Crippen molar-refractivity contribution in [2.24, 2.45) is 0 Å². The SMILES string of the molecule is CCOC(=O)c1ccnc(NC(=O)C(C)Cl)c1. The molecule has 5 nitrogen and oxygen atoms in total. The Balaban J connectivity index is 2.79. The Labute approximate surface area is 104 Å². The van der Waals surface area contributed by atoms with Crippen molar-refractivity contribution >= 4 is 29.3 Å². The van der Waals surface area contributed by atoms with Gasteiger partial charge in [-0.2, -0.15) is 0 Å². The van der Waals surface area contributed by atoms with E-state index < -0.39 is 11.3 Å². The van der Waals surface area contributed by atoms with Crippen molar-refractivity contribution in [2.45, 2.75) is 19.2 Å². The highest BCUT2D eigenvalue weighted by Gasteiger charge is 2.12. The summed E-state index contributed by atoms with van der Waals surface area (Å²) in [6, 6.07) is 2.95. The van der Waals surface area contributed by atoms with E-state index in [4.69, 9.17) is 16.3 Å². The molecule has 0 aromatic carbocycles. The highest BCUT2D eigenvalue weighted by atomic mass is 35.5. The molecule has 1 aromatic heterocycles. The number of ether oxygens (including phenoxy) is 1. The summed E-state index contributed by atoms with van der Waals surface area (Å²) in [6.45, 7) is 3.56. The molecule has 1 N–H and O–H groups in total. The zero-order valence-corrected chi connectivity index (χ0v) is 10.3. The van der Waals surface area contributed by atoms with Crippen LogP contribution >= 0.6 is 11.6 Å². The van der Waals surface area contributed by atoms with Crippen molar-refractivity contribution in [1.82, 2.24) is 4.98 Å². The lowest BCUT2D eigenvalue weighted by atomic mass is 10.2. The van der Waals surface area contributed by atoms with E-state index in [-0.39, 0.29) is 11.7 Å². The maximum absolute atomic E-state index is 11.4. The minimum atomic E-state index is -0.664. The van der Waals surface area contributed by atoms with E-state index in [2.05, 4.69) is 10.3 Å². The van der Waals surface area contributed by atoms with E-state index in [0.29, 0.717) is 12.2 Å². The van der Waals surface area contributed by atoms with Crippen molar-refractivity contribution in [1.29, 1.82) is 0 Å². The van der Waals surface area contributed by atoms with Crippen molar-refractivity contribution in [3.8, 4) is 0 Å². The van der Waals surface area contributed by atoms with E-state index in [1.54, 1.807) is 13.8 Å². The molecular weight excluding hydrogens is 244 g/mol. The van der Waals surface area contributed by atoms with Gasteiger partial charge in [-0.15, -0.1) is 11.6 Å². The molecule has 1 heterocycles. The van der Waals surface area contributed by atoms with Crippen LogP contribution in [0.2, 0.25) is 0 Å². The molecule has 1 atom stereocenters. The number of aromatic nitrogens is 1. The molecule has 0 aliphatic rings. The molecule has 0 aliphatic heterocycles. The highest BCUT2D eigenvalue weighted by Crippen LogP contribution is 2.09. The van der Waals surface area contributed by atoms with Crippen LogP contribution in [0.5, 0.6) is 0 Å². The van der Waals surface area contributed by atoms with E-state index in [1.807, 2.05) is 0 Å². The van der Waals surface area contributed by atoms with Gasteiger partial charge in [0.1, 0.15) is 11.2 Å². The summed E-state index contributed by atoms with van der Waals surface area (Å²) in [5.41, 5.74) is 0.333. The standard InChI is InChI=1S/C11H13ClN2O3/c1-3-17-11(16)8-4-5-13-9(6-8)14-10(15)7(2)12/h4-7H,3H2,1-2H3,(H,13,14,15). The minimum absolute atomic E-state index is 0.271. The molecular formula is C11H13ClN2O3. The van der Waals surface area contributed by atoms with Crippen LogP contribution in [0.25, 0.3) is 0 Å². The van der Waals surface area contributed by atoms with Crippen LogP contribution in [-0.4, -0.2) is 28.8 Å². The Morgan fingerprint density at radius 2 is 2.29 bits per heavy atom. The normalized spacial score (nSPS) is 11.7. The van der Waals surface area contributed by atoms with Gasteiger partial charge in [-0.25, -0.2) is 9.78 Å². The lowest BCUT2D eigenvalue weighted by Gasteiger charge is -2.07. The molecule has 17 heavy (non-hydrogen) atoms. The molecule has 0 spiro atoms. The van der Waals surface area contributed by atoms with Crippen LogP contribution in [0.4, 0.5) is 5.82 Å². The number of anilines is 1. The number of pyridine rings is 1. The number of esters is 1. The first-order valence-corrected chi connectivity index (χ1v) is 5.56. The average molecular weight is 257 g/mol. The predicted molar refractivity (Wildman–Crippen MR) is 64.1 cm³/mol. The second-order valence-electron chi connectivity index (χ2n) is 3.26. The second kappa shape index (κ2) is 6.20. The van der Waals surface area contributed by atoms with E-state index in [9.17, 15) is 9.59 Å². The van der Waals surface area contributed by atoms with Crippen LogP contribution in [0.15, 0.2) is 18.3 Å². The number of carbonyl (C=O) groups is 2. The van der Waals surface area contributed by atoms with Crippen LogP contribution < -0.4 is 5.32 Å². The summed E-state index contributed by atoms with van der Waals surface area (Å²) >= 11 is 5.60. The smallest absolute Gasteiger partial charge is 0.338 e. The van der Waals surface area contributed by atoms with Crippen LogP contribution in [0, 0.1) is 0 Å². The van der Waals surface area contributed by atoms with Gasteiger partial charge in [0.25, 0.3) is 0 Å². The minimum Gasteiger partial charge on any atom is -0.462 e. The van der Waals surface area contributed by atoms with Gasteiger partial charge >= 0.3 is 5.97 Å². The number of rotatable bonds is 4. The topological polar surface area (TPSA) is 68.3 Å². The molecule has 6 heteroatoms. The number of alkyl halides is 1. The monoisotopic (exact) mass is 256 g/mol. The number of halogens is 1. The summed E-state index contributed by atoms with van der Waals surface area (Å²) < 4.78 is 4.83. The Hall–Kier alpha value is -1.62. The number of carbonyl (C=O) groups excluding carboxylic acids is 2. The van der Waals surface area contributed by atoms with Gasteiger partial charge in [0.15, 0.2) is 0 Å². The number of hydrogen-bond donors (Lipinski definition) is 1. The zero-order valence-electron chi connectivity index (χ0n) is 9.57. The second-order valence-corrected chi connectivity index (χ2v) is 3.91. The molecule has 0 saturated carbocycles.